The molecular weight excluding hydrogens is 366 g/mol. The molecule has 0 bridgehead atoms. The fraction of sp³-hybridized carbons (Fsp3) is 0.417. The van der Waals surface area contributed by atoms with Gasteiger partial charge in [-0.2, -0.15) is 0 Å². The van der Waals surface area contributed by atoms with Crippen molar-refractivity contribution in [2.24, 2.45) is 0 Å². The van der Waals surface area contributed by atoms with Gasteiger partial charge in [0.05, 0.1) is 10.9 Å². The smallest absolute Gasteiger partial charge is 0.247 e. The number of carbonyl (C=O) groups excluding carboxylic acids is 2. The zero-order valence-electron chi connectivity index (χ0n) is 17.6. The van der Waals surface area contributed by atoms with E-state index in [2.05, 4.69) is 47.6 Å². The lowest BCUT2D eigenvalue weighted by Crippen LogP contribution is -2.32. The van der Waals surface area contributed by atoms with Crippen LogP contribution < -0.4 is 4.90 Å². The van der Waals surface area contributed by atoms with Gasteiger partial charge >= 0.3 is 0 Å². The second kappa shape index (κ2) is 7.40. The highest BCUT2D eigenvalue weighted by Gasteiger charge is 2.40. The Hall–Kier alpha value is -2.07. The van der Waals surface area contributed by atoms with Crippen molar-refractivity contribution in [3.63, 3.8) is 0 Å². The summed E-state index contributed by atoms with van der Waals surface area (Å²) >= 11 is 1.47. The van der Waals surface area contributed by atoms with E-state index in [4.69, 9.17) is 0 Å². The molecule has 2 amide bonds. The van der Waals surface area contributed by atoms with Crippen LogP contribution in [0.15, 0.2) is 53.4 Å². The van der Waals surface area contributed by atoms with Crippen molar-refractivity contribution in [2.45, 2.75) is 68.9 Å². The van der Waals surface area contributed by atoms with Gasteiger partial charge in [0.2, 0.25) is 11.8 Å². The third-order valence-electron chi connectivity index (χ3n) is 5.03. The highest BCUT2D eigenvalue weighted by molar-refractivity contribution is 8.00. The lowest BCUT2D eigenvalue weighted by Gasteiger charge is -2.28. The molecule has 0 spiro atoms. The predicted octanol–water partition coefficient (Wildman–Crippen LogP) is 5.71. The number of hydrogen-bond donors (Lipinski definition) is 0. The van der Waals surface area contributed by atoms with Crippen LogP contribution >= 0.6 is 11.8 Å². The molecule has 0 N–H and O–H groups in total. The fourth-order valence-corrected chi connectivity index (χ4v) is 4.31. The minimum absolute atomic E-state index is 0.0694. The summed E-state index contributed by atoms with van der Waals surface area (Å²) in [4.78, 5) is 28.3. The number of hydrogen-bond acceptors (Lipinski definition) is 3. The largest absolute Gasteiger partial charge is 0.274 e. The quantitative estimate of drug-likeness (QED) is 0.625. The minimum atomic E-state index is -0.369. The Labute approximate surface area is 172 Å². The second-order valence-corrected chi connectivity index (χ2v) is 10.7. The van der Waals surface area contributed by atoms with Crippen LogP contribution in [0.5, 0.6) is 0 Å². The van der Waals surface area contributed by atoms with Gasteiger partial charge in [0.15, 0.2) is 0 Å². The number of benzene rings is 2. The summed E-state index contributed by atoms with van der Waals surface area (Å²) in [6.07, 6.45) is 0.239. The SMILES string of the molecule is CC(C)(C)c1cc(N2C(=O)CC(Sc3ccccc3)C2=O)cc(C(C)(C)C)c1. The fourth-order valence-electron chi connectivity index (χ4n) is 3.24. The Bertz CT molecular complexity index is 859. The van der Waals surface area contributed by atoms with Gasteiger partial charge in [-0.1, -0.05) is 65.8 Å². The number of anilines is 1. The van der Waals surface area contributed by atoms with E-state index < -0.39 is 0 Å². The molecule has 1 aliphatic heterocycles. The van der Waals surface area contributed by atoms with Gasteiger partial charge in [-0.3, -0.25) is 9.59 Å². The topological polar surface area (TPSA) is 37.4 Å². The first-order chi connectivity index (χ1) is 13.0. The molecule has 1 saturated heterocycles. The monoisotopic (exact) mass is 395 g/mol. The van der Waals surface area contributed by atoms with Crippen LogP contribution in [0.2, 0.25) is 0 Å². The number of carbonyl (C=O) groups is 2. The third kappa shape index (κ3) is 4.33. The normalized spacial score (nSPS) is 18.1. The molecule has 3 nitrogen and oxygen atoms in total. The number of thioether (sulfide) groups is 1. The lowest BCUT2D eigenvalue weighted by molar-refractivity contribution is -0.121. The first-order valence-electron chi connectivity index (χ1n) is 9.71. The maximum absolute atomic E-state index is 13.1. The van der Waals surface area contributed by atoms with Crippen LogP contribution in [0.1, 0.15) is 59.1 Å². The van der Waals surface area contributed by atoms with Crippen molar-refractivity contribution in [1.29, 1.82) is 0 Å². The zero-order valence-corrected chi connectivity index (χ0v) is 18.4. The van der Waals surface area contributed by atoms with Crippen LogP contribution in [-0.4, -0.2) is 17.1 Å². The van der Waals surface area contributed by atoms with Crippen molar-refractivity contribution < 1.29 is 9.59 Å². The first kappa shape index (κ1) is 20.7. The molecule has 2 aromatic carbocycles. The average Bonchev–Trinajstić information content (AvgIpc) is 2.87. The summed E-state index contributed by atoms with van der Waals surface area (Å²) in [5.74, 6) is -0.242. The van der Waals surface area contributed by atoms with Crippen LogP contribution in [0.4, 0.5) is 5.69 Å². The summed E-state index contributed by atoms with van der Waals surface area (Å²) < 4.78 is 0. The van der Waals surface area contributed by atoms with Crippen molar-refractivity contribution in [2.75, 3.05) is 4.90 Å². The minimum Gasteiger partial charge on any atom is -0.274 e. The van der Waals surface area contributed by atoms with E-state index in [1.807, 2.05) is 42.5 Å². The van der Waals surface area contributed by atoms with Crippen LogP contribution in [0, 0.1) is 0 Å². The van der Waals surface area contributed by atoms with Gasteiger partial charge in [0, 0.05) is 11.3 Å². The van der Waals surface area contributed by atoms with Crippen LogP contribution in [0.3, 0.4) is 0 Å². The molecule has 1 heterocycles. The van der Waals surface area contributed by atoms with Gasteiger partial charge in [-0.25, -0.2) is 4.90 Å². The van der Waals surface area contributed by atoms with Crippen molar-refractivity contribution in [1.82, 2.24) is 0 Å². The molecule has 0 aromatic heterocycles. The second-order valence-electron chi connectivity index (χ2n) is 9.46. The molecule has 0 radical (unpaired) electrons. The van der Waals surface area contributed by atoms with Crippen LogP contribution in [0.25, 0.3) is 0 Å². The van der Waals surface area contributed by atoms with E-state index in [9.17, 15) is 9.59 Å². The van der Waals surface area contributed by atoms with Gasteiger partial charge < -0.3 is 0 Å². The van der Waals surface area contributed by atoms with Gasteiger partial charge in [0.1, 0.15) is 0 Å². The summed E-state index contributed by atoms with van der Waals surface area (Å²) in [6.45, 7) is 12.9. The Balaban J connectivity index is 1.98. The Morgan fingerprint density at radius 2 is 1.39 bits per heavy atom. The van der Waals surface area contributed by atoms with E-state index in [-0.39, 0.29) is 34.3 Å². The molecule has 0 saturated carbocycles. The van der Waals surface area contributed by atoms with Gasteiger partial charge in [-0.05, 0) is 46.2 Å². The Morgan fingerprint density at radius 3 is 1.89 bits per heavy atom. The molecule has 148 valence electrons. The maximum atomic E-state index is 13.1. The van der Waals surface area contributed by atoms with E-state index in [1.54, 1.807) is 0 Å². The van der Waals surface area contributed by atoms with E-state index in [1.165, 1.54) is 16.7 Å². The summed E-state index contributed by atoms with van der Waals surface area (Å²) in [6, 6.07) is 16.0. The summed E-state index contributed by atoms with van der Waals surface area (Å²) in [5, 5.41) is -0.369. The maximum Gasteiger partial charge on any atom is 0.247 e. The van der Waals surface area contributed by atoms with Crippen molar-refractivity contribution in [3.8, 4) is 0 Å². The van der Waals surface area contributed by atoms with Gasteiger partial charge in [0.25, 0.3) is 0 Å². The zero-order chi connectivity index (χ0) is 20.7. The van der Waals surface area contributed by atoms with E-state index >= 15 is 0 Å². The highest BCUT2D eigenvalue weighted by Crippen LogP contribution is 2.38. The Kier molecular flexibility index (Phi) is 5.46. The number of imide groups is 1. The van der Waals surface area contributed by atoms with Crippen LogP contribution in [-0.2, 0) is 20.4 Å². The standard InChI is InChI=1S/C24H29NO2S/c1-23(2,3)16-12-17(24(4,5)6)14-18(13-16)25-21(26)15-20(22(25)27)28-19-10-8-7-9-11-19/h7-14,20H,15H2,1-6H3. The van der Waals surface area contributed by atoms with Crippen molar-refractivity contribution >= 4 is 29.3 Å². The Morgan fingerprint density at radius 1 is 0.857 bits per heavy atom. The number of rotatable bonds is 3. The van der Waals surface area contributed by atoms with Crippen molar-refractivity contribution in [3.05, 3.63) is 59.7 Å². The lowest BCUT2D eigenvalue weighted by atomic mass is 9.80. The third-order valence-corrected chi connectivity index (χ3v) is 6.23. The summed E-state index contributed by atoms with van der Waals surface area (Å²) in [7, 11) is 0. The molecule has 1 atom stereocenters. The average molecular weight is 396 g/mol. The molecule has 1 unspecified atom stereocenters. The molecule has 28 heavy (non-hydrogen) atoms. The summed E-state index contributed by atoms with van der Waals surface area (Å²) in [5.41, 5.74) is 2.83. The molecule has 0 aliphatic carbocycles. The molecule has 2 aromatic rings. The molecule has 3 rings (SSSR count). The highest BCUT2D eigenvalue weighted by atomic mass is 32.2. The number of amides is 2. The van der Waals surface area contributed by atoms with E-state index in [0.29, 0.717) is 5.69 Å². The predicted molar refractivity (Wildman–Crippen MR) is 117 cm³/mol. The molecule has 1 fully saturated rings. The van der Waals surface area contributed by atoms with Gasteiger partial charge in [-0.15, -0.1) is 11.8 Å². The number of nitrogens with zero attached hydrogens (tertiary/aromatic N) is 1. The molecular formula is C24H29NO2S. The first-order valence-corrected chi connectivity index (χ1v) is 10.6. The molecule has 1 aliphatic rings. The molecule has 4 heteroatoms. The van der Waals surface area contributed by atoms with E-state index in [0.717, 1.165) is 16.0 Å².